The van der Waals surface area contributed by atoms with Crippen molar-refractivity contribution >= 4 is 23.3 Å². The van der Waals surface area contributed by atoms with E-state index in [1.165, 1.54) is 37.6 Å². The van der Waals surface area contributed by atoms with Crippen LogP contribution >= 0.6 is 0 Å². The summed E-state index contributed by atoms with van der Waals surface area (Å²) in [5.74, 6) is -1.55. The molecule has 0 saturated heterocycles. The zero-order valence-electron chi connectivity index (χ0n) is 11.2. The molecule has 1 amide bonds. The number of rotatable bonds is 4. The number of aromatic carboxylic acids is 1. The normalized spacial score (nSPS) is 9.95. The van der Waals surface area contributed by atoms with Gasteiger partial charge in [-0.25, -0.2) is 9.78 Å². The molecule has 2 aromatic rings. The summed E-state index contributed by atoms with van der Waals surface area (Å²) in [4.78, 5) is 27.3. The lowest BCUT2D eigenvalue weighted by Crippen LogP contribution is -2.16. The number of hydrogen-bond donors (Lipinski definition) is 3. The predicted molar refractivity (Wildman–Crippen MR) is 76.6 cm³/mol. The van der Waals surface area contributed by atoms with Crippen LogP contribution in [0.3, 0.4) is 0 Å². The molecule has 0 atom stereocenters. The molecule has 0 spiro atoms. The first-order chi connectivity index (χ1) is 10.0. The maximum atomic E-state index is 12.2. The van der Waals surface area contributed by atoms with E-state index in [9.17, 15) is 9.59 Å². The number of benzene rings is 1. The number of nitrogens with two attached hydrogens (primary N) is 1. The standard InChI is InChI=1S/C14H13N3O4/c1-21-13-9(3-2-6-16-13)12(18)17-11-5-4-8(15)7-10(11)14(19)20/h2-7H,15H2,1H3,(H,17,18)(H,19,20). The molecular weight excluding hydrogens is 274 g/mol. The molecule has 108 valence electrons. The highest BCUT2D eigenvalue weighted by Crippen LogP contribution is 2.21. The fourth-order valence-corrected chi connectivity index (χ4v) is 1.76. The zero-order valence-corrected chi connectivity index (χ0v) is 11.2. The van der Waals surface area contributed by atoms with E-state index < -0.39 is 11.9 Å². The number of nitrogen functional groups attached to an aromatic ring is 1. The van der Waals surface area contributed by atoms with Gasteiger partial charge < -0.3 is 20.9 Å². The van der Waals surface area contributed by atoms with Crippen LogP contribution in [-0.2, 0) is 0 Å². The molecule has 0 aliphatic heterocycles. The Bertz CT molecular complexity index is 700. The summed E-state index contributed by atoms with van der Waals surface area (Å²) in [5, 5.41) is 11.6. The van der Waals surface area contributed by atoms with E-state index in [1.807, 2.05) is 0 Å². The lowest BCUT2D eigenvalue weighted by molar-refractivity contribution is 0.0698. The van der Waals surface area contributed by atoms with E-state index in [0.717, 1.165) is 0 Å². The van der Waals surface area contributed by atoms with Gasteiger partial charge in [-0.15, -0.1) is 0 Å². The number of methoxy groups -OCH3 is 1. The highest BCUT2D eigenvalue weighted by atomic mass is 16.5. The van der Waals surface area contributed by atoms with Crippen molar-refractivity contribution < 1.29 is 19.4 Å². The minimum Gasteiger partial charge on any atom is -0.480 e. The number of carboxylic acids is 1. The Balaban J connectivity index is 2.34. The molecule has 2 rings (SSSR count). The molecule has 7 nitrogen and oxygen atoms in total. The number of anilines is 2. The van der Waals surface area contributed by atoms with Crippen LogP contribution in [0.4, 0.5) is 11.4 Å². The van der Waals surface area contributed by atoms with E-state index in [1.54, 1.807) is 6.07 Å². The third-order valence-corrected chi connectivity index (χ3v) is 2.73. The van der Waals surface area contributed by atoms with E-state index in [2.05, 4.69) is 10.3 Å². The van der Waals surface area contributed by atoms with Crippen molar-refractivity contribution in [3.05, 3.63) is 47.7 Å². The molecule has 0 saturated carbocycles. The Morgan fingerprint density at radius 3 is 2.71 bits per heavy atom. The summed E-state index contributed by atoms with van der Waals surface area (Å²) in [6.45, 7) is 0. The summed E-state index contributed by atoms with van der Waals surface area (Å²) in [5.41, 5.74) is 6.10. The van der Waals surface area contributed by atoms with Crippen LogP contribution in [0, 0.1) is 0 Å². The van der Waals surface area contributed by atoms with Gasteiger partial charge in [0.2, 0.25) is 5.88 Å². The lowest BCUT2D eigenvalue weighted by Gasteiger charge is -2.10. The van der Waals surface area contributed by atoms with Crippen molar-refractivity contribution in [2.24, 2.45) is 0 Å². The van der Waals surface area contributed by atoms with Crippen LogP contribution in [0.25, 0.3) is 0 Å². The van der Waals surface area contributed by atoms with Crippen molar-refractivity contribution in [3.8, 4) is 5.88 Å². The summed E-state index contributed by atoms with van der Waals surface area (Å²) in [6.07, 6.45) is 1.49. The van der Waals surface area contributed by atoms with Crippen LogP contribution in [-0.4, -0.2) is 29.1 Å². The summed E-state index contributed by atoms with van der Waals surface area (Å²) >= 11 is 0. The Kier molecular flexibility index (Phi) is 4.03. The predicted octanol–water partition coefficient (Wildman–Crippen LogP) is 1.62. The Morgan fingerprint density at radius 2 is 2.05 bits per heavy atom. The van der Waals surface area contributed by atoms with Crippen molar-refractivity contribution in [1.29, 1.82) is 0 Å². The number of pyridine rings is 1. The van der Waals surface area contributed by atoms with Gasteiger partial charge in [-0.05, 0) is 30.3 Å². The molecule has 1 aromatic carbocycles. The topological polar surface area (TPSA) is 115 Å². The summed E-state index contributed by atoms with van der Waals surface area (Å²) in [6, 6.07) is 7.32. The molecule has 0 aliphatic carbocycles. The first-order valence-corrected chi connectivity index (χ1v) is 5.96. The molecule has 0 bridgehead atoms. The van der Waals surface area contributed by atoms with Crippen LogP contribution in [0.15, 0.2) is 36.5 Å². The molecule has 4 N–H and O–H groups in total. The van der Waals surface area contributed by atoms with Gasteiger partial charge in [0.1, 0.15) is 5.56 Å². The fourth-order valence-electron chi connectivity index (χ4n) is 1.76. The Morgan fingerprint density at radius 1 is 1.29 bits per heavy atom. The number of aromatic nitrogens is 1. The third-order valence-electron chi connectivity index (χ3n) is 2.73. The Labute approximate surface area is 120 Å². The van der Waals surface area contributed by atoms with E-state index in [4.69, 9.17) is 15.6 Å². The smallest absolute Gasteiger partial charge is 0.337 e. The van der Waals surface area contributed by atoms with Crippen molar-refractivity contribution in [1.82, 2.24) is 4.98 Å². The minimum atomic E-state index is -1.18. The second-order valence-corrected chi connectivity index (χ2v) is 4.12. The van der Waals surface area contributed by atoms with E-state index in [0.29, 0.717) is 5.69 Å². The molecular formula is C14H13N3O4. The number of hydrogen-bond acceptors (Lipinski definition) is 5. The minimum absolute atomic E-state index is 0.0915. The van der Waals surface area contributed by atoms with Crippen LogP contribution in [0.1, 0.15) is 20.7 Å². The Hall–Kier alpha value is -3.09. The maximum Gasteiger partial charge on any atom is 0.337 e. The number of nitrogens with one attached hydrogen (secondary N) is 1. The fraction of sp³-hybridized carbons (Fsp3) is 0.0714. The number of amides is 1. The van der Waals surface area contributed by atoms with Gasteiger partial charge in [-0.1, -0.05) is 0 Å². The van der Waals surface area contributed by atoms with Crippen molar-refractivity contribution in [3.63, 3.8) is 0 Å². The monoisotopic (exact) mass is 287 g/mol. The van der Waals surface area contributed by atoms with Crippen molar-refractivity contribution in [2.75, 3.05) is 18.2 Å². The van der Waals surface area contributed by atoms with Gasteiger partial charge >= 0.3 is 5.97 Å². The third kappa shape index (κ3) is 3.08. The molecule has 0 radical (unpaired) electrons. The first-order valence-electron chi connectivity index (χ1n) is 5.96. The molecule has 1 aromatic heterocycles. The largest absolute Gasteiger partial charge is 0.480 e. The van der Waals surface area contributed by atoms with Gasteiger partial charge in [0.25, 0.3) is 5.91 Å². The molecule has 0 unspecified atom stereocenters. The highest BCUT2D eigenvalue weighted by Gasteiger charge is 2.17. The molecule has 7 heteroatoms. The van der Waals surface area contributed by atoms with Gasteiger partial charge in [0, 0.05) is 11.9 Å². The first kappa shape index (κ1) is 14.3. The SMILES string of the molecule is COc1ncccc1C(=O)Nc1ccc(N)cc1C(=O)O. The number of nitrogens with zero attached hydrogens (tertiary/aromatic N) is 1. The number of carboxylic acid groups (broad SMARTS) is 1. The molecule has 1 heterocycles. The molecule has 21 heavy (non-hydrogen) atoms. The lowest BCUT2D eigenvalue weighted by atomic mass is 10.1. The van der Waals surface area contributed by atoms with Crippen molar-refractivity contribution in [2.45, 2.75) is 0 Å². The van der Waals surface area contributed by atoms with Gasteiger partial charge in [-0.3, -0.25) is 4.79 Å². The maximum absolute atomic E-state index is 12.2. The van der Waals surface area contributed by atoms with Gasteiger partial charge in [0.15, 0.2) is 0 Å². The van der Waals surface area contributed by atoms with Crippen LogP contribution < -0.4 is 15.8 Å². The van der Waals surface area contributed by atoms with Gasteiger partial charge in [0.05, 0.1) is 18.4 Å². The zero-order chi connectivity index (χ0) is 15.4. The summed E-state index contributed by atoms with van der Waals surface area (Å²) < 4.78 is 4.99. The van der Waals surface area contributed by atoms with Crippen LogP contribution in [0.5, 0.6) is 5.88 Å². The number of carbonyl (C=O) groups excluding carboxylic acids is 1. The second-order valence-electron chi connectivity index (χ2n) is 4.12. The average Bonchev–Trinajstić information content (AvgIpc) is 2.48. The van der Waals surface area contributed by atoms with Gasteiger partial charge in [-0.2, -0.15) is 0 Å². The van der Waals surface area contributed by atoms with E-state index >= 15 is 0 Å². The molecule has 0 aliphatic rings. The second kappa shape index (κ2) is 5.91. The highest BCUT2D eigenvalue weighted by molar-refractivity contribution is 6.09. The van der Waals surface area contributed by atoms with Crippen LogP contribution in [0.2, 0.25) is 0 Å². The quantitative estimate of drug-likeness (QED) is 0.736. The number of ether oxygens (including phenoxy) is 1. The molecule has 0 fully saturated rings. The number of carbonyl (C=O) groups is 2. The van der Waals surface area contributed by atoms with E-state index in [-0.39, 0.29) is 22.7 Å². The average molecular weight is 287 g/mol. The summed E-state index contributed by atoms with van der Waals surface area (Å²) in [7, 11) is 1.39.